The van der Waals surface area contributed by atoms with E-state index in [1.165, 1.54) is 12.8 Å². The molecule has 18 heavy (non-hydrogen) atoms. The second kappa shape index (κ2) is 5.39. The second-order valence-electron chi connectivity index (χ2n) is 5.09. The minimum atomic E-state index is -0.570. The molecular formula is C15H21NO2. The van der Waals surface area contributed by atoms with E-state index in [0.717, 1.165) is 38.2 Å². The molecular weight excluding hydrogens is 226 g/mol. The average molecular weight is 247 g/mol. The summed E-state index contributed by atoms with van der Waals surface area (Å²) in [6, 6.07) is 10.6. The van der Waals surface area contributed by atoms with Crippen molar-refractivity contribution >= 4 is 0 Å². The lowest BCUT2D eigenvalue weighted by Crippen LogP contribution is -2.55. The number of nitrogens with one attached hydrogen (secondary N) is 1. The summed E-state index contributed by atoms with van der Waals surface area (Å²) in [5.74, 6) is -0.570. The van der Waals surface area contributed by atoms with Crippen LogP contribution in [0.25, 0.3) is 0 Å². The molecule has 0 unspecified atom stereocenters. The van der Waals surface area contributed by atoms with Gasteiger partial charge in [-0.05, 0) is 25.8 Å². The molecule has 0 amide bonds. The summed E-state index contributed by atoms with van der Waals surface area (Å²) in [6.45, 7) is 2.63. The molecule has 1 aromatic carbocycles. The molecule has 3 heteroatoms. The van der Waals surface area contributed by atoms with E-state index in [1.807, 2.05) is 6.07 Å². The van der Waals surface area contributed by atoms with E-state index in [0.29, 0.717) is 0 Å². The fraction of sp³-hybridized carbons (Fsp3) is 0.600. The van der Waals surface area contributed by atoms with Gasteiger partial charge in [0.15, 0.2) is 0 Å². The van der Waals surface area contributed by atoms with Crippen molar-refractivity contribution in [2.75, 3.05) is 19.8 Å². The van der Waals surface area contributed by atoms with Crippen molar-refractivity contribution < 1.29 is 9.47 Å². The van der Waals surface area contributed by atoms with E-state index in [2.05, 4.69) is 29.6 Å². The molecule has 2 saturated heterocycles. The van der Waals surface area contributed by atoms with Gasteiger partial charge in [0, 0.05) is 5.56 Å². The lowest BCUT2D eigenvalue weighted by atomic mass is 9.90. The van der Waals surface area contributed by atoms with Gasteiger partial charge in [0.2, 0.25) is 5.79 Å². The maximum atomic E-state index is 6.11. The van der Waals surface area contributed by atoms with Gasteiger partial charge in [-0.3, -0.25) is 0 Å². The first-order valence-electron chi connectivity index (χ1n) is 6.99. The Morgan fingerprint density at radius 2 is 1.78 bits per heavy atom. The van der Waals surface area contributed by atoms with Crippen LogP contribution in [0, 0.1) is 0 Å². The van der Waals surface area contributed by atoms with Gasteiger partial charge in [0.1, 0.15) is 0 Å². The van der Waals surface area contributed by atoms with E-state index in [9.17, 15) is 0 Å². The summed E-state index contributed by atoms with van der Waals surface area (Å²) in [7, 11) is 0. The van der Waals surface area contributed by atoms with Gasteiger partial charge in [-0.1, -0.05) is 36.8 Å². The zero-order chi connectivity index (χ0) is 12.3. The summed E-state index contributed by atoms with van der Waals surface area (Å²) >= 11 is 0. The summed E-state index contributed by atoms with van der Waals surface area (Å²) < 4.78 is 12.2. The summed E-state index contributed by atoms with van der Waals surface area (Å²) in [4.78, 5) is 0. The molecule has 98 valence electrons. The minimum absolute atomic E-state index is 0.272. The predicted molar refractivity (Wildman–Crippen MR) is 70.3 cm³/mol. The van der Waals surface area contributed by atoms with Crippen LogP contribution < -0.4 is 5.32 Å². The number of benzene rings is 1. The third-order valence-corrected chi connectivity index (χ3v) is 3.87. The smallest absolute Gasteiger partial charge is 0.210 e. The molecule has 2 fully saturated rings. The highest BCUT2D eigenvalue weighted by atomic mass is 16.7. The number of hydrogen-bond acceptors (Lipinski definition) is 3. The standard InChI is InChI=1S/C15H21NO2/c1-2-7-13(8-3-1)15(17-11-6-12-18-15)14-9-4-5-10-16-14/h1-3,7-8,14,16H,4-6,9-12H2/t14-/m0/s1. The molecule has 2 aliphatic heterocycles. The van der Waals surface area contributed by atoms with Gasteiger partial charge in [0.25, 0.3) is 0 Å². The third kappa shape index (κ3) is 2.18. The summed E-state index contributed by atoms with van der Waals surface area (Å²) in [5, 5.41) is 3.58. The number of hydrogen-bond donors (Lipinski definition) is 1. The zero-order valence-corrected chi connectivity index (χ0v) is 10.7. The van der Waals surface area contributed by atoms with Crippen molar-refractivity contribution in [3.8, 4) is 0 Å². The lowest BCUT2D eigenvalue weighted by molar-refractivity contribution is -0.293. The van der Waals surface area contributed by atoms with E-state index < -0.39 is 5.79 Å². The molecule has 0 aliphatic carbocycles. The highest BCUT2D eigenvalue weighted by Crippen LogP contribution is 2.37. The van der Waals surface area contributed by atoms with Gasteiger partial charge >= 0.3 is 0 Å². The molecule has 0 aromatic heterocycles. The topological polar surface area (TPSA) is 30.5 Å². The molecule has 1 aromatic rings. The van der Waals surface area contributed by atoms with E-state index in [-0.39, 0.29) is 6.04 Å². The fourth-order valence-electron chi connectivity index (χ4n) is 2.96. The van der Waals surface area contributed by atoms with E-state index in [1.54, 1.807) is 0 Å². The molecule has 2 aliphatic rings. The first-order valence-corrected chi connectivity index (χ1v) is 6.99. The van der Waals surface area contributed by atoms with Crippen LogP contribution in [-0.2, 0) is 15.3 Å². The highest BCUT2D eigenvalue weighted by molar-refractivity contribution is 5.23. The molecule has 1 atom stereocenters. The molecule has 0 radical (unpaired) electrons. The quantitative estimate of drug-likeness (QED) is 0.870. The van der Waals surface area contributed by atoms with Crippen LogP contribution in [-0.4, -0.2) is 25.8 Å². The maximum Gasteiger partial charge on any atom is 0.210 e. The van der Waals surface area contributed by atoms with Gasteiger partial charge in [0.05, 0.1) is 19.3 Å². The molecule has 3 nitrogen and oxygen atoms in total. The van der Waals surface area contributed by atoms with Crippen molar-refractivity contribution in [3.05, 3.63) is 35.9 Å². The van der Waals surface area contributed by atoms with Gasteiger partial charge in [-0.2, -0.15) is 0 Å². The monoisotopic (exact) mass is 247 g/mol. The van der Waals surface area contributed by atoms with Gasteiger partial charge in [-0.25, -0.2) is 0 Å². The van der Waals surface area contributed by atoms with Gasteiger partial charge < -0.3 is 14.8 Å². The fourth-order valence-corrected chi connectivity index (χ4v) is 2.96. The molecule has 0 saturated carbocycles. The SMILES string of the molecule is c1ccc(C2([C@@H]3CCCCN3)OCCCO2)cc1. The van der Waals surface area contributed by atoms with Crippen LogP contribution in [0.4, 0.5) is 0 Å². The second-order valence-corrected chi connectivity index (χ2v) is 5.09. The van der Waals surface area contributed by atoms with Crippen molar-refractivity contribution in [2.45, 2.75) is 37.5 Å². The first kappa shape index (κ1) is 12.2. The highest BCUT2D eigenvalue weighted by Gasteiger charge is 2.44. The Bertz CT molecular complexity index is 367. The van der Waals surface area contributed by atoms with Crippen LogP contribution >= 0.6 is 0 Å². The normalized spacial score (nSPS) is 27.9. The molecule has 0 bridgehead atoms. The molecule has 2 heterocycles. The Morgan fingerprint density at radius 3 is 2.44 bits per heavy atom. The van der Waals surface area contributed by atoms with E-state index >= 15 is 0 Å². The van der Waals surface area contributed by atoms with Crippen molar-refractivity contribution in [3.63, 3.8) is 0 Å². The Balaban J connectivity index is 1.92. The largest absolute Gasteiger partial charge is 0.345 e. The maximum absolute atomic E-state index is 6.11. The predicted octanol–water partition coefficient (Wildman–Crippen LogP) is 2.42. The molecule has 1 N–H and O–H groups in total. The Morgan fingerprint density at radius 1 is 1.00 bits per heavy atom. The minimum Gasteiger partial charge on any atom is -0.345 e. The van der Waals surface area contributed by atoms with Crippen molar-refractivity contribution in [1.82, 2.24) is 5.32 Å². The van der Waals surface area contributed by atoms with Crippen LogP contribution in [0.5, 0.6) is 0 Å². The average Bonchev–Trinajstić information content (AvgIpc) is 2.50. The third-order valence-electron chi connectivity index (χ3n) is 3.87. The van der Waals surface area contributed by atoms with Crippen LogP contribution in [0.3, 0.4) is 0 Å². The Hall–Kier alpha value is -0.900. The Labute approximate surface area is 108 Å². The first-order chi connectivity index (χ1) is 8.92. The van der Waals surface area contributed by atoms with E-state index in [4.69, 9.17) is 9.47 Å². The summed E-state index contributed by atoms with van der Waals surface area (Å²) in [5.41, 5.74) is 1.14. The Kier molecular flexibility index (Phi) is 3.64. The lowest BCUT2D eigenvalue weighted by Gasteiger charge is -2.45. The van der Waals surface area contributed by atoms with Crippen molar-refractivity contribution in [2.24, 2.45) is 0 Å². The number of piperidine rings is 1. The van der Waals surface area contributed by atoms with Crippen LogP contribution in [0.1, 0.15) is 31.2 Å². The zero-order valence-electron chi connectivity index (χ0n) is 10.7. The number of rotatable bonds is 2. The summed E-state index contributed by atoms with van der Waals surface area (Å²) in [6.07, 6.45) is 4.61. The van der Waals surface area contributed by atoms with Gasteiger partial charge in [-0.15, -0.1) is 0 Å². The number of ether oxygens (including phenoxy) is 2. The molecule has 0 spiro atoms. The molecule has 3 rings (SSSR count). The van der Waals surface area contributed by atoms with Crippen LogP contribution in [0.2, 0.25) is 0 Å². The van der Waals surface area contributed by atoms with Crippen LogP contribution in [0.15, 0.2) is 30.3 Å². The van der Waals surface area contributed by atoms with Crippen molar-refractivity contribution in [1.29, 1.82) is 0 Å².